The summed E-state index contributed by atoms with van der Waals surface area (Å²) in [5.74, 6) is 0.692. The van der Waals surface area contributed by atoms with Crippen molar-refractivity contribution in [2.24, 2.45) is 0 Å². The van der Waals surface area contributed by atoms with Crippen molar-refractivity contribution >= 4 is 11.3 Å². The first-order valence-electron chi connectivity index (χ1n) is 6.03. The second-order valence-electron chi connectivity index (χ2n) is 4.15. The van der Waals surface area contributed by atoms with E-state index in [2.05, 4.69) is 20.5 Å². The molecule has 1 aromatic carbocycles. The molecular weight excluding hydrogens is 288 g/mol. The number of rotatable bonds is 3. The van der Waals surface area contributed by atoms with Crippen LogP contribution in [-0.4, -0.2) is 32.3 Å². The zero-order valence-corrected chi connectivity index (χ0v) is 12.1. The predicted molar refractivity (Wildman–Crippen MR) is 76.3 cm³/mol. The van der Waals surface area contributed by atoms with Crippen LogP contribution in [-0.2, 0) is 0 Å². The van der Waals surface area contributed by atoms with E-state index in [9.17, 15) is 5.26 Å². The van der Waals surface area contributed by atoms with Gasteiger partial charge in [-0.2, -0.15) is 9.94 Å². The molecule has 0 aliphatic rings. The molecule has 3 aromatic rings. The molecule has 21 heavy (non-hydrogen) atoms. The van der Waals surface area contributed by atoms with E-state index in [-0.39, 0.29) is 5.69 Å². The molecule has 0 fully saturated rings. The topological polar surface area (TPSA) is 89.5 Å². The van der Waals surface area contributed by atoms with Gasteiger partial charge in [0, 0.05) is 5.56 Å². The molecule has 0 radical (unpaired) electrons. The molecule has 0 aliphatic carbocycles. The van der Waals surface area contributed by atoms with Gasteiger partial charge in [0.15, 0.2) is 5.69 Å². The highest BCUT2D eigenvalue weighted by Gasteiger charge is 2.18. The number of hydrogen-bond acceptors (Lipinski definition) is 7. The van der Waals surface area contributed by atoms with E-state index in [4.69, 9.17) is 4.74 Å². The minimum Gasteiger partial charge on any atom is -0.497 e. The Morgan fingerprint density at radius 2 is 2.14 bits per heavy atom. The van der Waals surface area contributed by atoms with E-state index in [1.165, 1.54) is 16.0 Å². The van der Waals surface area contributed by atoms with Crippen LogP contribution in [0, 0.1) is 18.3 Å². The maximum absolute atomic E-state index is 9.24. The Morgan fingerprint density at radius 3 is 2.81 bits per heavy atom. The number of methoxy groups -OCH3 is 1. The van der Waals surface area contributed by atoms with Crippen LogP contribution in [0.1, 0.15) is 10.7 Å². The van der Waals surface area contributed by atoms with Crippen molar-refractivity contribution < 1.29 is 4.74 Å². The Morgan fingerprint density at radius 1 is 1.29 bits per heavy atom. The van der Waals surface area contributed by atoms with E-state index in [0.717, 1.165) is 10.6 Å². The molecule has 7 nitrogen and oxygen atoms in total. The molecule has 8 heteroatoms. The SMILES string of the molecule is COc1cccc(-c2c(C#N)nnn2-c2nnc(C)s2)c1. The van der Waals surface area contributed by atoms with Crippen LogP contribution in [0.4, 0.5) is 0 Å². The first-order valence-corrected chi connectivity index (χ1v) is 6.85. The smallest absolute Gasteiger partial charge is 0.234 e. The monoisotopic (exact) mass is 298 g/mol. The summed E-state index contributed by atoms with van der Waals surface area (Å²) in [6.07, 6.45) is 0. The molecule has 2 aromatic heterocycles. The van der Waals surface area contributed by atoms with Crippen LogP contribution >= 0.6 is 11.3 Å². The molecule has 0 saturated heterocycles. The summed E-state index contributed by atoms with van der Waals surface area (Å²) in [5, 5.41) is 26.6. The Balaban J connectivity index is 2.21. The van der Waals surface area contributed by atoms with Crippen molar-refractivity contribution in [3.05, 3.63) is 35.0 Å². The largest absolute Gasteiger partial charge is 0.497 e. The molecule has 104 valence electrons. The van der Waals surface area contributed by atoms with Gasteiger partial charge >= 0.3 is 0 Å². The Hall–Kier alpha value is -2.79. The molecule has 2 heterocycles. The highest BCUT2D eigenvalue weighted by molar-refractivity contribution is 7.13. The van der Waals surface area contributed by atoms with Gasteiger partial charge in [0.05, 0.1) is 7.11 Å². The van der Waals surface area contributed by atoms with E-state index in [1.54, 1.807) is 7.11 Å². The van der Waals surface area contributed by atoms with Crippen LogP contribution in [0.2, 0.25) is 0 Å². The lowest BCUT2D eigenvalue weighted by atomic mass is 10.1. The Bertz CT molecular complexity index is 831. The zero-order valence-electron chi connectivity index (χ0n) is 11.3. The van der Waals surface area contributed by atoms with Crippen molar-refractivity contribution in [1.29, 1.82) is 5.26 Å². The minimum atomic E-state index is 0.233. The molecule has 0 aliphatic heterocycles. The molecule has 0 amide bonds. The summed E-state index contributed by atoms with van der Waals surface area (Å²) in [6.45, 7) is 1.86. The first kappa shape index (κ1) is 13.2. The molecule has 0 atom stereocenters. The average Bonchev–Trinajstić information content (AvgIpc) is 3.12. The normalized spacial score (nSPS) is 10.3. The van der Waals surface area contributed by atoms with Crippen molar-refractivity contribution in [2.75, 3.05) is 7.11 Å². The predicted octanol–water partition coefficient (Wildman–Crippen LogP) is 1.97. The summed E-state index contributed by atoms with van der Waals surface area (Å²) < 4.78 is 6.74. The molecular formula is C13H10N6OS. The van der Waals surface area contributed by atoms with Crippen molar-refractivity contribution in [2.45, 2.75) is 6.92 Å². The number of hydrogen-bond donors (Lipinski definition) is 0. The third-order valence-electron chi connectivity index (χ3n) is 2.82. The number of aryl methyl sites for hydroxylation is 1. The van der Waals surface area contributed by atoms with Gasteiger partial charge in [-0.25, -0.2) is 0 Å². The number of ether oxygens (including phenoxy) is 1. The summed E-state index contributed by atoms with van der Waals surface area (Å²) >= 11 is 1.38. The fourth-order valence-corrected chi connectivity index (χ4v) is 2.53. The Kier molecular flexibility index (Phi) is 3.33. The minimum absolute atomic E-state index is 0.233. The molecule has 0 unspecified atom stereocenters. The van der Waals surface area contributed by atoms with E-state index in [0.29, 0.717) is 16.6 Å². The lowest BCUT2D eigenvalue weighted by molar-refractivity contribution is 0.415. The molecule has 0 saturated carbocycles. The van der Waals surface area contributed by atoms with Gasteiger partial charge in [0.2, 0.25) is 5.13 Å². The molecule has 0 bridgehead atoms. The van der Waals surface area contributed by atoms with E-state index >= 15 is 0 Å². The number of benzene rings is 1. The quantitative estimate of drug-likeness (QED) is 0.734. The van der Waals surface area contributed by atoms with Gasteiger partial charge in [-0.3, -0.25) is 0 Å². The lowest BCUT2D eigenvalue weighted by Gasteiger charge is -2.05. The molecule has 0 spiro atoms. The van der Waals surface area contributed by atoms with Gasteiger partial charge in [0.25, 0.3) is 0 Å². The van der Waals surface area contributed by atoms with E-state index in [1.807, 2.05) is 37.3 Å². The van der Waals surface area contributed by atoms with E-state index < -0.39 is 0 Å². The first-order chi connectivity index (χ1) is 10.2. The fraction of sp³-hybridized carbons (Fsp3) is 0.154. The van der Waals surface area contributed by atoms with Crippen LogP contribution in [0.5, 0.6) is 5.75 Å². The van der Waals surface area contributed by atoms with Crippen LogP contribution < -0.4 is 4.74 Å². The van der Waals surface area contributed by atoms with Crippen LogP contribution in [0.25, 0.3) is 16.4 Å². The van der Waals surface area contributed by atoms with Crippen molar-refractivity contribution in [3.63, 3.8) is 0 Å². The van der Waals surface area contributed by atoms with Crippen molar-refractivity contribution in [1.82, 2.24) is 25.2 Å². The Labute approximate surface area is 124 Å². The zero-order chi connectivity index (χ0) is 14.8. The number of nitriles is 1. The maximum atomic E-state index is 9.24. The van der Waals surface area contributed by atoms with Crippen LogP contribution in [0.3, 0.4) is 0 Å². The maximum Gasteiger partial charge on any atom is 0.234 e. The summed E-state index contributed by atoms with van der Waals surface area (Å²) in [7, 11) is 1.59. The number of nitrogens with zero attached hydrogens (tertiary/aromatic N) is 6. The third-order valence-corrected chi connectivity index (χ3v) is 3.63. The highest BCUT2D eigenvalue weighted by Crippen LogP contribution is 2.28. The summed E-state index contributed by atoms with van der Waals surface area (Å²) in [6, 6.07) is 9.42. The molecule has 3 rings (SSSR count). The number of aromatic nitrogens is 5. The summed E-state index contributed by atoms with van der Waals surface area (Å²) in [5.41, 5.74) is 1.59. The lowest BCUT2D eigenvalue weighted by Crippen LogP contribution is -1.99. The highest BCUT2D eigenvalue weighted by atomic mass is 32.1. The van der Waals surface area contributed by atoms with Gasteiger partial charge in [-0.05, 0) is 19.1 Å². The van der Waals surface area contributed by atoms with Gasteiger partial charge in [-0.1, -0.05) is 28.7 Å². The molecule has 0 N–H and O–H groups in total. The van der Waals surface area contributed by atoms with Crippen LogP contribution in [0.15, 0.2) is 24.3 Å². The third kappa shape index (κ3) is 2.34. The second kappa shape index (κ2) is 5.30. The standard InChI is InChI=1S/C13H10N6OS/c1-8-15-17-13(21-8)19-12(11(7-14)16-18-19)9-4-3-5-10(6-9)20-2/h3-6H,1-2H3. The second-order valence-corrected chi connectivity index (χ2v) is 5.31. The van der Waals surface area contributed by atoms with Crippen molar-refractivity contribution in [3.8, 4) is 28.2 Å². The van der Waals surface area contributed by atoms with Gasteiger partial charge in [0.1, 0.15) is 22.5 Å². The fourth-order valence-electron chi connectivity index (χ4n) is 1.89. The average molecular weight is 298 g/mol. The summed E-state index contributed by atoms with van der Waals surface area (Å²) in [4.78, 5) is 0. The van der Waals surface area contributed by atoms with Gasteiger partial charge < -0.3 is 4.74 Å². The van der Waals surface area contributed by atoms with Gasteiger partial charge in [-0.15, -0.1) is 15.3 Å².